The average Bonchev–Trinajstić information content (AvgIpc) is 2.09. The molecule has 0 fully saturated rings. The molecule has 0 aromatic carbocycles. The molecule has 13 heavy (non-hydrogen) atoms. The normalized spacial score (nSPS) is 12.8. The van der Waals surface area contributed by atoms with E-state index in [1.807, 2.05) is 0 Å². The third-order valence-electron chi connectivity index (χ3n) is 1.92. The van der Waals surface area contributed by atoms with E-state index in [-0.39, 0.29) is 6.42 Å². The number of rotatable bonds is 8. The van der Waals surface area contributed by atoms with Gasteiger partial charge in [-0.05, 0) is 12.8 Å². The average molecular weight is 188 g/mol. The van der Waals surface area contributed by atoms with E-state index in [0.29, 0.717) is 19.0 Å². The second kappa shape index (κ2) is 8.01. The Hall–Kier alpha value is -0.610. The van der Waals surface area contributed by atoms with Crippen LogP contribution in [-0.4, -0.2) is 30.2 Å². The molecular formula is C9H20N2O2. The summed E-state index contributed by atoms with van der Waals surface area (Å²) < 4.78 is 0. The van der Waals surface area contributed by atoms with E-state index in [1.165, 1.54) is 0 Å². The van der Waals surface area contributed by atoms with Crippen LogP contribution < -0.4 is 11.1 Å². The molecule has 0 spiro atoms. The van der Waals surface area contributed by atoms with E-state index in [1.54, 1.807) is 0 Å². The van der Waals surface area contributed by atoms with Gasteiger partial charge in [-0.3, -0.25) is 4.79 Å². The highest BCUT2D eigenvalue weighted by Crippen LogP contribution is 2.04. The number of hydrogen-bond acceptors (Lipinski definition) is 3. The third-order valence-corrected chi connectivity index (χ3v) is 1.92. The molecule has 78 valence electrons. The molecule has 4 heteroatoms. The molecular weight excluding hydrogens is 168 g/mol. The lowest BCUT2D eigenvalue weighted by atomic mass is 10.1. The summed E-state index contributed by atoms with van der Waals surface area (Å²) in [6.07, 6.45) is 3.03. The Morgan fingerprint density at radius 2 is 2.23 bits per heavy atom. The van der Waals surface area contributed by atoms with Crippen molar-refractivity contribution < 1.29 is 9.90 Å². The van der Waals surface area contributed by atoms with Gasteiger partial charge in [-0.25, -0.2) is 0 Å². The molecule has 0 amide bonds. The van der Waals surface area contributed by atoms with Gasteiger partial charge in [-0.15, -0.1) is 0 Å². The summed E-state index contributed by atoms with van der Waals surface area (Å²) in [6, 6.07) is 0.310. The minimum atomic E-state index is -0.726. The Morgan fingerprint density at radius 1 is 1.54 bits per heavy atom. The van der Waals surface area contributed by atoms with Gasteiger partial charge in [0.15, 0.2) is 0 Å². The van der Waals surface area contributed by atoms with E-state index in [0.717, 1.165) is 19.4 Å². The number of hydrogen-bond donors (Lipinski definition) is 3. The van der Waals surface area contributed by atoms with Crippen molar-refractivity contribution in [1.29, 1.82) is 0 Å². The number of carboxylic acids is 1. The Morgan fingerprint density at radius 3 is 2.69 bits per heavy atom. The zero-order chi connectivity index (χ0) is 10.1. The fraction of sp³-hybridized carbons (Fsp3) is 0.889. The van der Waals surface area contributed by atoms with Crippen LogP contribution in [0, 0.1) is 0 Å². The molecule has 0 heterocycles. The monoisotopic (exact) mass is 188 g/mol. The van der Waals surface area contributed by atoms with Crippen LogP contribution in [0.4, 0.5) is 0 Å². The fourth-order valence-corrected chi connectivity index (χ4v) is 1.28. The molecule has 0 aliphatic heterocycles. The van der Waals surface area contributed by atoms with Crippen molar-refractivity contribution in [3.63, 3.8) is 0 Å². The number of aliphatic carboxylic acids is 1. The Kier molecular flexibility index (Phi) is 7.63. The minimum Gasteiger partial charge on any atom is -0.481 e. The maximum atomic E-state index is 10.3. The van der Waals surface area contributed by atoms with Gasteiger partial charge in [-0.2, -0.15) is 0 Å². The van der Waals surface area contributed by atoms with E-state index in [2.05, 4.69) is 12.2 Å². The van der Waals surface area contributed by atoms with Gasteiger partial charge in [0, 0.05) is 25.6 Å². The molecule has 1 unspecified atom stereocenters. The zero-order valence-corrected chi connectivity index (χ0v) is 8.25. The smallest absolute Gasteiger partial charge is 0.303 e. The number of nitrogens with two attached hydrogens (primary N) is 1. The minimum absolute atomic E-state index is 0.238. The molecule has 0 saturated carbocycles. The lowest BCUT2D eigenvalue weighted by Crippen LogP contribution is -2.33. The molecule has 0 aliphatic carbocycles. The molecule has 0 rings (SSSR count). The molecule has 4 N–H and O–H groups in total. The molecule has 0 radical (unpaired) electrons. The largest absolute Gasteiger partial charge is 0.481 e. The lowest BCUT2D eigenvalue weighted by Gasteiger charge is -2.16. The number of carbonyl (C=O) groups is 1. The Balaban J connectivity index is 3.59. The molecule has 0 aromatic rings. The number of carboxylic acid groups (broad SMARTS) is 1. The summed E-state index contributed by atoms with van der Waals surface area (Å²) in [5, 5.41) is 11.7. The first kappa shape index (κ1) is 12.4. The predicted octanol–water partition coefficient (Wildman–Crippen LogP) is 0.568. The molecule has 1 atom stereocenters. The van der Waals surface area contributed by atoms with E-state index in [4.69, 9.17) is 10.8 Å². The zero-order valence-electron chi connectivity index (χ0n) is 8.25. The van der Waals surface area contributed by atoms with Crippen LogP contribution in [0.3, 0.4) is 0 Å². The SMILES string of the molecule is CCCC(CCC(=O)O)NCCN. The van der Waals surface area contributed by atoms with Crippen molar-refractivity contribution in [3.05, 3.63) is 0 Å². The van der Waals surface area contributed by atoms with Crippen LogP contribution in [-0.2, 0) is 4.79 Å². The van der Waals surface area contributed by atoms with Crippen LogP contribution in [0.25, 0.3) is 0 Å². The lowest BCUT2D eigenvalue weighted by molar-refractivity contribution is -0.137. The van der Waals surface area contributed by atoms with Crippen LogP contribution in [0.5, 0.6) is 0 Å². The standard InChI is InChI=1S/C9H20N2O2/c1-2-3-8(11-7-6-10)4-5-9(12)13/h8,11H,2-7,10H2,1H3,(H,12,13). The summed E-state index contributed by atoms with van der Waals surface area (Å²) in [6.45, 7) is 3.47. The summed E-state index contributed by atoms with van der Waals surface area (Å²) in [5.74, 6) is -0.726. The maximum Gasteiger partial charge on any atom is 0.303 e. The Labute approximate surface area is 79.5 Å². The van der Waals surface area contributed by atoms with Crippen molar-refractivity contribution in [3.8, 4) is 0 Å². The first-order valence-corrected chi connectivity index (χ1v) is 4.86. The van der Waals surface area contributed by atoms with Crippen molar-refractivity contribution in [2.45, 2.75) is 38.6 Å². The summed E-state index contributed by atoms with van der Waals surface area (Å²) in [5.41, 5.74) is 5.35. The fourth-order valence-electron chi connectivity index (χ4n) is 1.28. The van der Waals surface area contributed by atoms with Gasteiger partial charge in [0.1, 0.15) is 0 Å². The van der Waals surface area contributed by atoms with Gasteiger partial charge in [-0.1, -0.05) is 13.3 Å². The summed E-state index contributed by atoms with van der Waals surface area (Å²) in [4.78, 5) is 10.3. The van der Waals surface area contributed by atoms with Crippen molar-refractivity contribution >= 4 is 5.97 Å². The summed E-state index contributed by atoms with van der Waals surface area (Å²) >= 11 is 0. The maximum absolute atomic E-state index is 10.3. The highest BCUT2D eigenvalue weighted by atomic mass is 16.4. The van der Waals surface area contributed by atoms with Gasteiger partial charge in [0.2, 0.25) is 0 Å². The van der Waals surface area contributed by atoms with Crippen molar-refractivity contribution in [2.75, 3.05) is 13.1 Å². The van der Waals surface area contributed by atoms with Gasteiger partial charge in [0.25, 0.3) is 0 Å². The highest BCUT2D eigenvalue weighted by Gasteiger charge is 2.08. The molecule has 4 nitrogen and oxygen atoms in total. The number of nitrogens with one attached hydrogen (secondary N) is 1. The van der Waals surface area contributed by atoms with E-state index >= 15 is 0 Å². The van der Waals surface area contributed by atoms with Crippen LogP contribution in [0.2, 0.25) is 0 Å². The summed E-state index contributed by atoms with van der Waals surface area (Å²) in [7, 11) is 0. The van der Waals surface area contributed by atoms with Crippen LogP contribution >= 0.6 is 0 Å². The quantitative estimate of drug-likeness (QED) is 0.520. The Bertz CT molecular complexity index is 140. The van der Waals surface area contributed by atoms with E-state index in [9.17, 15) is 4.79 Å². The van der Waals surface area contributed by atoms with Crippen LogP contribution in [0.15, 0.2) is 0 Å². The van der Waals surface area contributed by atoms with Crippen molar-refractivity contribution in [2.24, 2.45) is 5.73 Å². The topological polar surface area (TPSA) is 75.3 Å². The van der Waals surface area contributed by atoms with Gasteiger partial charge >= 0.3 is 5.97 Å². The molecule has 0 saturated heterocycles. The van der Waals surface area contributed by atoms with Gasteiger partial charge < -0.3 is 16.2 Å². The van der Waals surface area contributed by atoms with Crippen molar-refractivity contribution in [1.82, 2.24) is 5.32 Å². The molecule has 0 aromatic heterocycles. The first-order chi connectivity index (χ1) is 6.20. The first-order valence-electron chi connectivity index (χ1n) is 4.86. The third kappa shape index (κ3) is 7.74. The second-order valence-corrected chi connectivity index (χ2v) is 3.16. The second-order valence-electron chi connectivity index (χ2n) is 3.16. The highest BCUT2D eigenvalue weighted by molar-refractivity contribution is 5.66. The molecule has 0 bridgehead atoms. The predicted molar refractivity (Wildman–Crippen MR) is 52.6 cm³/mol. The van der Waals surface area contributed by atoms with E-state index < -0.39 is 5.97 Å². The van der Waals surface area contributed by atoms with Crippen LogP contribution in [0.1, 0.15) is 32.6 Å². The van der Waals surface area contributed by atoms with Gasteiger partial charge in [0.05, 0.1) is 0 Å². The molecule has 0 aliphatic rings.